The molecule has 1 amide bonds. The van der Waals surface area contributed by atoms with Crippen LogP contribution in [-0.4, -0.2) is 25.7 Å². The zero-order valence-corrected chi connectivity index (χ0v) is 9.67. The molecule has 0 aliphatic heterocycles. The summed E-state index contributed by atoms with van der Waals surface area (Å²) in [5, 5.41) is 2.37. The molecule has 0 fully saturated rings. The van der Waals surface area contributed by atoms with Crippen molar-refractivity contribution in [2.75, 3.05) is 19.4 Å². The normalized spacial score (nSPS) is 11.1. The lowest BCUT2D eigenvalue weighted by Gasteiger charge is -2.12. The van der Waals surface area contributed by atoms with Crippen LogP contribution in [0.15, 0.2) is 18.2 Å². The summed E-state index contributed by atoms with van der Waals surface area (Å²) in [6.45, 7) is -0.559. The van der Waals surface area contributed by atoms with E-state index < -0.39 is 25.1 Å². The Bertz CT molecular complexity index is 433. The largest absolute Gasteiger partial charge is 0.492 e. The van der Waals surface area contributed by atoms with Gasteiger partial charge in [0.1, 0.15) is 5.75 Å². The SMILES string of the molecule is CNC(=O)c1ccc(N)cc1OCCC(F)(F)F. The summed E-state index contributed by atoms with van der Waals surface area (Å²) >= 11 is 0. The Labute approximate surface area is 102 Å². The predicted molar refractivity (Wildman–Crippen MR) is 60.4 cm³/mol. The van der Waals surface area contributed by atoms with Gasteiger partial charge in [0, 0.05) is 18.8 Å². The first-order valence-electron chi connectivity index (χ1n) is 5.14. The van der Waals surface area contributed by atoms with E-state index in [9.17, 15) is 18.0 Å². The van der Waals surface area contributed by atoms with Gasteiger partial charge >= 0.3 is 6.18 Å². The number of halogens is 3. The number of nitrogen functional groups attached to an aromatic ring is 1. The van der Waals surface area contributed by atoms with Crippen molar-refractivity contribution >= 4 is 11.6 Å². The molecule has 1 aromatic carbocycles. The lowest BCUT2D eigenvalue weighted by atomic mass is 10.1. The minimum absolute atomic E-state index is 0.0404. The highest BCUT2D eigenvalue weighted by atomic mass is 19.4. The molecule has 0 aliphatic rings. The van der Waals surface area contributed by atoms with E-state index >= 15 is 0 Å². The van der Waals surface area contributed by atoms with Crippen molar-refractivity contribution in [3.63, 3.8) is 0 Å². The molecule has 0 bridgehead atoms. The maximum atomic E-state index is 12.0. The van der Waals surface area contributed by atoms with Crippen molar-refractivity contribution < 1.29 is 22.7 Å². The van der Waals surface area contributed by atoms with Gasteiger partial charge in [0.05, 0.1) is 18.6 Å². The first kappa shape index (κ1) is 14.1. The lowest BCUT2D eigenvalue weighted by molar-refractivity contribution is -0.139. The smallest absolute Gasteiger partial charge is 0.392 e. The van der Waals surface area contributed by atoms with E-state index in [0.717, 1.165) is 0 Å². The fourth-order valence-corrected chi connectivity index (χ4v) is 1.26. The minimum Gasteiger partial charge on any atom is -0.492 e. The first-order valence-corrected chi connectivity index (χ1v) is 5.14. The average Bonchev–Trinajstić information content (AvgIpc) is 2.26. The summed E-state index contributed by atoms with van der Waals surface area (Å²) in [6.07, 6.45) is -5.39. The van der Waals surface area contributed by atoms with Crippen LogP contribution in [0, 0.1) is 0 Å². The molecular weight excluding hydrogens is 249 g/mol. The van der Waals surface area contributed by atoms with E-state index in [1.54, 1.807) is 0 Å². The van der Waals surface area contributed by atoms with Crippen molar-refractivity contribution in [3.8, 4) is 5.75 Å². The molecule has 3 N–H and O–H groups in total. The topological polar surface area (TPSA) is 64.4 Å². The van der Waals surface area contributed by atoms with Gasteiger partial charge in [0.25, 0.3) is 5.91 Å². The molecule has 7 heteroatoms. The third-order valence-electron chi connectivity index (χ3n) is 2.12. The summed E-state index contributed by atoms with van der Waals surface area (Å²) in [7, 11) is 1.41. The van der Waals surface area contributed by atoms with E-state index in [1.807, 2.05) is 0 Å². The maximum Gasteiger partial charge on any atom is 0.392 e. The van der Waals surface area contributed by atoms with Gasteiger partial charge in [-0.15, -0.1) is 0 Å². The number of amides is 1. The van der Waals surface area contributed by atoms with Crippen LogP contribution in [0.25, 0.3) is 0 Å². The number of carbonyl (C=O) groups excluding carboxylic acids is 1. The molecule has 1 aromatic rings. The molecule has 0 heterocycles. The number of nitrogens with two attached hydrogens (primary N) is 1. The highest BCUT2D eigenvalue weighted by molar-refractivity contribution is 5.97. The number of anilines is 1. The van der Waals surface area contributed by atoms with Gasteiger partial charge in [-0.05, 0) is 12.1 Å². The number of alkyl halides is 3. The van der Waals surface area contributed by atoms with Crippen molar-refractivity contribution in [1.82, 2.24) is 5.32 Å². The van der Waals surface area contributed by atoms with Crippen LogP contribution in [0.2, 0.25) is 0 Å². The molecule has 100 valence electrons. The average molecular weight is 262 g/mol. The number of ether oxygens (including phenoxy) is 1. The summed E-state index contributed by atoms with van der Waals surface area (Å²) < 4.78 is 40.9. The Balaban J connectivity index is 2.80. The highest BCUT2D eigenvalue weighted by Gasteiger charge is 2.27. The fourth-order valence-electron chi connectivity index (χ4n) is 1.26. The van der Waals surface area contributed by atoms with E-state index in [0.29, 0.717) is 5.69 Å². The number of carbonyl (C=O) groups is 1. The summed E-state index contributed by atoms with van der Waals surface area (Å²) in [5.74, 6) is -0.407. The third kappa shape index (κ3) is 4.15. The molecule has 4 nitrogen and oxygen atoms in total. The van der Waals surface area contributed by atoms with E-state index in [-0.39, 0.29) is 11.3 Å². The Kier molecular flexibility index (Phi) is 4.41. The predicted octanol–water partition coefficient (Wildman–Crippen LogP) is 1.96. The number of hydrogen-bond acceptors (Lipinski definition) is 3. The lowest BCUT2D eigenvalue weighted by Crippen LogP contribution is -2.20. The monoisotopic (exact) mass is 262 g/mol. The molecular formula is C11H13F3N2O2. The number of rotatable bonds is 4. The van der Waals surface area contributed by atoms with Crippen LogP contribution in [0.4, 0.5) is 18.9 Å². The Morgan fingerprint density at radius 1 is 1.44 bits per heavy atom. The third-order valence-corrected chi connectivity index (χ3v) is 2.12. The van der Waals surface area contributed by atoms with Gasteiger partial charge in [0.15, 0.2) is 0 Å². The standard InChI is InChI=1S/C11H13F3N2O2/c1-16-10(17)8-3-2-7(15)6-9(8)18-5-4-11(12,13)14/h2-3,6H,4-5,15H2,1H3,(H,16,17). The Morgan fingerprint density at radius 2 is 2.11 bits per heavy atom. The molecule has 1 rings (SSSR count). The zero-order chi connectivity index (χ0) is 13.8. The second-order valence-corrected chi connectivity index (χ2v) is 3.55. The van der Waals surface area contributed by atoms with Gasteiger partial charge in [-0.3, -0.25) is 4.79 Å². The fraction of sp³-hybridized carbons (Fsp3) is 0.364. The first-order chi connectivity index (χ1) is 8.33. The molecule has 0 aromatic heterocycles. The van der Waals surface area contributed by atoms with Crippen molar-refractivity contribution in [1.29, 1.82) is 0 Å². The van der Waals surface area contributed by atoms with Gasteiger partial charge in [-0.1, -0.05) is 0 Å². The quantitative estimate of drug-likeness (QED) is 0.815. The van der Waals surface area contributed by atoms with Crippen LogP contribution in [-0.2, 0) is 0 Å². The van der Waals surface area contributed by atoms with Gasteiger partial charge < -0.3 is 15.8 Å². The molecule has 0 radical (unpaired) electrons. The second-order valence-electron chi connectivity index (χ2n) is 3.55. The van der Waals surface area contributed by atoms with Crippen LogP contribution in [0.1, 0.15) is 16.8 Å². The molecule has 18 heavy (non-hydrogen) atoms. The molecule has 0 atom stereocenters. The second kappa shape index (κ2) is 5.61. The molecule has 0 saturated heterocycles. The summed E-state index contributed by atoms with van der Waals surface area (Å²) in [4.78, 5) is 11.5. The van der Waals surface area contributed by atoms with Gasteiger partial charge in [0.2, 0.25) is 0 Å². The van der Waals surface area contributed by atoms with Crippen LogP contribution >= 0.6 is 0 Å². The van der Waals surface area contributed by atoms with Crippen molar-refractivity contribution in [3.05, 3.63) is 23.8 Å². The summed E-state index contributed by atoms with van der Waals surface area (Å²) in [6, 6.07) is 4.19. The van der Waals surface area contributed by atoms with Crippen LogP contribution in [0.3, 0.4) is 0 Å². The Morgan fingerprint density at radius 3 is 2.67 bits per heavy atom. The number of nitrogens with one attached hydrogen (secondary N) is 1. The maximum absolute atomic E-state index is 12.0. The molecule has 0 unspecified atom stereocenters. The van der Waals surface area contributed by atoms with Crippen molar-refractivity contribution in [2.45, 2.75) is 12.6 Å². The van der Waals surface area contributed by atoms with Crippen LogP contribution < -0.4 is 15.8 Å². The van der Waals surface area contributed by atoms with E-state index in [1.165, 1.54) is 25.2 Å². The molecule has 0 aliphatic carbocycles. The van der Waals surface area contributed by atoms with E-state index in [2.05, 4.69) is 5.32 Å². The highest BCUT2D eigenvalue weighted by Crippen LogP contribution is 2.24. The number of hydrogen-bond donors (Lipinski definition) is 2. The van der Waals surface area contributed by atoms with Gasteiger partial charge in [-0.2, -0.15) is 13.2 Å². The van der Waals surface area contributed by atoms with E-state index in [4.69, 9.17) is 10.5 Å². The molecule has 0 spiro atoms. The minimum atomic E-state index is -4.30. The molecule has 0 saturated carbocycles. The van der Waals surface area contributed by atoms with Crippen molar-refractivity contribution in [2.24, 2.45) is 0 Å². The van der Waals surface area contributed by atoms with Crippen LogP contribution in [0.5, 0.6) is 5.75 Å². The Hall–Kier alpha value is -1.92. The zero-order valence-electron chi connectivity index (χ0n) is 9.67. The summed E-state index contributed by atoms with van der Waals surface area (Å²) in [5.41, 5.74) is 5.95. The number of benzene rings is 1. The van der Waals surface area contributed by atoms with Gasteiger partial charge in [-0.25, -0.2) is 0 Å².